The van der Waals surface area contributed by atoms with E-state index in [1.54, 1.807) is 0 Å². The number of alkyl carbamates (subject to hydrolysis) is 1. The summed E-state index contributed by atoms with van der Waals surface area (Å²) in [6.45, 7) is 7.31. The van der Waals surface area contributed by atoms with E-state index < -0.39 is 12.1 Å². The third-order valence-electron chi connectivity index (χ3n) is 3.90. The van der Waals surface area contributed by atoms with E-state index in [4.69, 9.17) is 0 Å². The van der Waals surface area contributed by atoms with E-state index in [1.807, 2.05) is 13.8 Å². The second-order valence-electron chi connectivity index (χ2n) is 6.00. The molecular weight excluding hydrogens is 272 g/mol. The Morgan fingerprint density at radius 2 is 1.95 bits per heavy atom. The Labute approximate surface area is 127 Å². The van der Waals surface area contributed by atoms with Gasteiger partial charge in [-0.05, 0) is 20.0 Å². The third-order valence-corrected chi connectivity index (χ3v) is 3.90. The van der Waals surface area contributed by atoms with E-state index in [0.29, 0.717) is 12.6 Å². The van der Waals surface area contributed by atoms with Crippen molar-refractivity contribution in [3.05, 3.63) is 0 Å². The normalized spacial score (nSPS) is 21.9. The lowest BCUT2D eigenvalue weighted by Crippen LogP contribution is -2.57. The van der Waals surface area contributed by atoms with Gasteiger partial charge in [-0.25, -0.2) is 4.79 Å². The molecule has 0 aliphatic carbocycles. The van der Waals surface area contributed by atoms with Crippen LogP contribution in [0.3, 0.4) is 0 Å². The van der Waals surface area contributed by atoms with Crippen molar-refractivity contribution in [2.75, 3.05) is 47.4 Å². The predicted octanol–water partition coefficient (Wildman–Crippen LogP) is -0.271. The number of methoxy groups -OCH3 is 1. The summed E-state index contributed by atoms with van der Waals surface area (Å²) in [4.78, 5) is 28.1. The number of amides is 2. The zero-order valence-electron chi connectivity index (χ0n) is 13.7. The molecule has 1 aliphatic rings. The molecule has 1 saturated heterocycles. The molecule has 0 aromatic carbocycles. The summed E-state index contributed by atoms with van der Waals surface area (Å²) in [6, 6.07) is -0.289. The maximum atomic E-state index is 12.3. The molecule has 1 fully saturated rings. The smallest absolute Gasteiger partial charge is 0.407 e. The van der Waals surface area contributed by atoms with E-state index in [2.05, 4.69) is 39.3 Å². The maximum Gasteiger partial charge on any atom is 0.407 e. The van der Waals surface area contributed by atoms with Crippen LogP contribution >= 0.6 is 0 Å². The Hall–Kier alpha value is -1.34. The Morgan fingerprint density at radius 3 is 2.52 bits per heavy atom. The summed E-state index contributed by atoms with van der Waals surface area (Å²) in [5.74, 6) is -0.173. The van der Waals surface area contributed by atoms with Gasteiger partial charge in [0.25, 0.3) is 0 Å². The molecule has 0 saturated carbocycles. The Bertz CT molecular complexity index is 362. The molecule has 122 valence electrons. The fourth-order valence-electron chi connectivity index (χ4n) is 2.37. The number of carbonyl (C=O) groups is 2. The van der Waals surface area contributed by atoms with Crippen molar-refractivity contribution in [1.82, 2.24) is 20.4 Å². The van der Waals surface area contributed by atoms with Crippen molar-refractivity contribution in [3.8, 4) is 0 Å². The molecule has 0 spiro atoms. The average Bonchev–Trinajstić information content (AvgIpc) is 2.44. The molecule has 21 heavy (non-hydrogen) atoms. The van der Waals surface area contributed by atoms with E-state index in [-0.39, 0.29) is 11.8 Å². The molecule has 7 heteroatoms. The second kappa shape index (κ2) is 8.19. The van der Waals surface area contributed by atoms with Crippen molar-refractivity contribution in [3.63, 3.8) is 0 Å². The van der Waals surface area contributed by atoms with Gasteiger partial charge >= 0.3 is 6.09 Å². The van der Waals surface area contributed by atoms with Crippen LogP contribution in [0.1, 0.15) is 13.8 Å². The maximum absolute atomic E-state index is 12.3. The van der Waals surface area contributed by atoms with Crippen LogP contribution in [0.4, 0.5) is 4.79 Å². The van der Waals surface area contributed by atoms with Crippen molar-refractivity contribution >= 4 is 12.0 Å². The van der Waals surface area contributed by atoms with Gasteiger partial charge in [-0.15, -0.1) is 0 Å². The first-order valence-electron chi connectivity index (χ1n) is 7.36. The van der Waals surface area contributed by atoms with Gasteiger partial charge in [-0.1, -0.05) is 13.8 Å². The molecule has 2 atom stereocenters. The molecule has 2 N–H and O–H groups in total. The number of hydrogen-bond acceptors (Lipinski definition) is 5. The van der Waals surface area contributed by atoms with E-state index >= 15 is 0 Å². The second-order valence-corrected chi connectivity index (χ2v) is 6.00. The summed E-state index contributed by atoms with van der Waals surface area (Å²) in [5, 5.41) is 5.51. The Morgan fingerprint density at radius 1 is 1.29 bits per heavy atom. The summed E-state index contributed by atoms with van der Waals surface area (Å²) >= 11 is 0. The minimum atomic E-state index is -0.585. The van der Waals surface area contributed by atoms with Gasteiger partial charge in [0.2, 0.25) is 5.91 Å². The molecule has 1 aliphatic heterocycles. The number of nitrogens with one attached hydrogen (secondary N) is 2. The van der Waals surface area contributed by atoms with E-state index in [1.165, 1.54) is 7.11 Å². The third kappa shape index (κ3) is 5.51. The van der Waals surface area contributed by atoms with Gasteiger partial charge in [0.1, 0.15) is 6.04 Å². The number of likely N-dealkylation sites (N-methyl/N-ethyl adjacent to an activating group) is 2. The summed E-state index contributed by atoms with van der Waals surface area (Å²) in [5.41, 5.74) is 0. The van der Waals surface area contributed by atoms with Crippen LogP contribution in [0.15, 0.2) is 0 Å². The quantitative estimate of drug-likeness (QED) is 0.731. The van der Waals surface area contributed by atoms with Gasteiger partial charge in [0.15, 0.2) is 0 Å². The van der Waals surface area contributed by atoms with Gasteiger partial charge < -0.3 is 20.3 Å². The van der Waals surface area contributed by atoms with Crippen LogP contribution < -0.4 is 10.6 Å². The molecule has 7 nitrogen and oxygen atoms in total. The number of rotatable bonds is 5. The minimum absolute atomic E-state index is 0.00383. The number of ether oxygens (including phenoxy) is 1. The minimum Gasteiger partial charge on any atom is -0.453 e. The molecule has 0 aromatic heterocycles. The van der Waals surface area contributed by atoms with Crippen LogP contribution in [-0.2, 0) is 9.53 Å². The van der Waals surface area contributed by atoms with Crippen LogP contribution in [0.25, 0.3) is 0 Å². The molecule has 2 unspecified atom stereocenters. The topological polar surface area (TPSA) is 73.9 Å². The van der Waals surface area contributed by atoms with Crippen molar-refractivity contribution in [2.45, 2.75) is 25.9 Å². The number of hydrogen-bond donors (Lipinski definition) is 2. The summed E-state index contributed by atoms with van der Waals surface area (Å²) in [6.07, 6.45) is -0.585. The van der Waals surface area contributed by atoms with Gasteiger partial charge in [-0.2, -0.15) is 0 Å². The van der Waals surface area contributed by atoms with Gasteiger partial charge in [0.05, 0.1) is 7.11 Å². The largest absolute Gasteiger partial charge is 0.453 e. The van der Waals surface area contributed by atoms with Crippen LogP contribution in [0, 0.1) is 5.92 Å². The fraction of sp³-hybridized carbons (Fsp3) is 0.857. The van der Waals surface area contributed by atoms with Gasteiger partial charge in [-0.3, -0.25) is 9.69 Å². The first-order valence-corrected chi connectivity index (χ1v) is 7.36. The van der Waals surface area contributed by atoms with E-state index in [9.17, 15) is 9.59 Å². The Balaban J connectivity index is 2.51. The van der Waals surface area contributed by atoms with E-state index in [0.717, 1.165) is 19.6 Å². The highest BCUT2D eigenvalue weighted by Crippen LogP contribution is 2.06. The lowest BCUT2D eigenvalue weighted by molar-refractivity contribution is -0.124. The number of carbonyl (C=O) groups excluding carboxylic acids is 2. The highest BCUT2D eigenvalue weighted by Gasteiger charge is 2.27. The molecule has 2 amide bonds. The molecule has 0 radical (unpaired) electrons. The van der Waals surface area contributed by atoms with Crippen molar-refractivity contribution in [1.29, 1.82) is 0 Å². The summed E-state index contributed by atoms with van der Waals surface area (Å²) < 4.78 is 4.56. The number of piperazine rings is 1. The first kappa shape index (κ1) is 17.7. The van der Waals surface area contributed by atoms with Crippen LogP contribution in [0.2, 0.25) is 0 Å². The summed E-state index contributed by atoms with van der Waals surface area (Å²) in [7, 11) is 5.44. The lowest BCUT2D eigenvalue weighted by Gasteiger charge is -2.38. The van der Waals surface area contributed by atoms with Gasteiger partial charge in [0, 0.05) is 32.2 Å². The lowest BCUT2D eigenvalue weighted by atomic mass is 10.0. The molecule has 1 rings (SSSR count). The molecule has 0 bridgehead atoms. The predicted molar refractivity (Wildman–Crippen MR) is 81.1 cm³/mol. The number of nitrogens with zero attached hydrogens (tertiary/aromatic N) is 2. The van der Waals surface area contributed by atoms with Crippen molar-refractivity contribution in [2.24, 2.45) is 5.92 Å². The monoisotopic (exact) mass is 300 g/mol. The first-order chi connectivity index (χ1) is 9.85. The fourth-order valence-corrected chi connectivity index (χ4v) is 2.37. The average molecular weight is 300 g/mol. The Kier molecular flexibility index (Phi) is 6.91. The molecular formula is C14H28N4O3. The SMILES string of the molecule is COC(=O)NC(C(=O)NCC1CN(C)CCN1C)C(C)C. The molecule has 1 heterocycles. The van der Waals surface area contributed by atoms with Crippen LogP contribution in [0.5, 0.6) is 0 Å². The molecule has 0 aromatic rings. The van der Waals surface area contributed by atoms with Crippen molar-refractivity contribution < 1.29 is 14.3 Å². The zero-order chi connectivity index (χ0) is 16.0. The highest BCUT2D eigenvalue weighted by molar-refractivity contribution is 5.85. The highest BCUT2D eigenvalue weighted by atomic mass is 16.5. The van der Waals surface area contributed by atoms with Crippen LogP contribution in [-0.4, -0.2) is 81.3 Å². The zero-order valence-corrected chi connectivity index (χ0v) is 13.7. The standard InChI is InChI=1S/C14H28N4O3/c1-10(2)12(16-14(20)21-5)13(19)15-8-11-9-17(3)6-7-18(11)4/h10-12H,6-9H2,1-5H3,(H,15,19)(H,16,20).